The number of hydrogen-bond donors (Lipinski definition) is 1. The SMILES string of the molecule is CCC1(OCCCOc2ccc(N)cc2)COC(C)(C)OC1. The lowest BCUT2D eigenvalue weighted by molar-refractivity contribution is -0.310. The molecule has 0 aliphatic carbocycles. The Hall–Kier alpha value is -1.30. The van der Waals surface area contributed by atoms with Crippen LogP contribution in [0.15, 0.2) is 24.3 Å². The summed E-state index contributed by atoms with van der Waals surface area (Å²) in [5.41, 5.74) is 6.04. The van der Waals surface area contributed by atoms with Gasteiger partial charge in [0.25, 0.3) is 0 Å². The number of nitrogen functional groups attached to an aromatic ring is 1. The highest BCUT2D eigenvalue weighted by molar-refractivity contribution is 5.41. The first kappa shape index (κ1) is 17.1. The molecule has 124 valence electrons. The number of nitrogens with two attached hydrogens (primary N) is 1. The Balaban J connectivity index is 1.68. The van der Waals surface area contributed by atoms with Crippen LogP contribution < -0.4 is 10.5 Å². The second kappa shape index (κ2) is 7.31. The van der Waals surface area contributed by atoms with Crippen LogP contribution in [0.25, 0.3) is 0 Å². The second-order valence-electron chi connectivity index (χ2n) is 6.13. The third-order valence-electron chi connectivity index (χ3n) is 3.86. The fraction of sp³-hybridized carbons (Fsp3) is 0.647. The summed E-state index contributed by atoms with van der Waals surface area (Å²) in [4.78, 5) is 0. The van der Waals surface area contributed by atoms with Gasteiger partial charge in [0.05, 0.1) is 26.4 Å². The standard InChI is InChI=1S/C17H27NO4/c1-4-17(12-21-16(2,3)22-13-17)20-11-5-10-19-15-8-6-14(18)7-9-15/h6-9H,4-5,10-13,18H2,1-3H3. The number of ether oxygens (including phenoxy) is 4. The molecular weight excluding hydrogens is 282 g/mol. The van der Waals surface area contributed by atoms with Gasteiger partial charge in [0.15, 0.2) is 5.79 Å². The fourth-order valence-corrected chi connectivity index (χ4v) is 2.19. The van der Waals surface area contributed by atoms with E-state index >= 15 is 0 Å². The molecule has 2 rings (SSSR count). The molecule has 1 aromatic rings. The molecule has 1 saturated heterocycles. The molecule has 1 aliphatic heterocycles. The van der Waals surface area contributed by atoms with Crippen molar-refractivity contribution in [3.05, 3.63) is 24.3 Å². The van der Waals surface area contributed by atoms with Crippen LogP contribution in [0.1, 0.15) is 33.6 Å². The minimum atomic E-state index is -0.514. The zero-order valence-corrected chi connectivity index (χ0v) is 13.8. The van der Waals surface area contributed by atoms with Gasteiger partial charge in [-0.1, -0.05) is 6.92 Å². The molecule has 1 fully saturated rings. The maximum absolute atomic E-state index is 6.02. The van der Waals surface area contributed by atoms with Gasteiger partial charge in [-0.2, -0.15) is 0 Å². The summed E-state index contributed by atoms with van der Waals surface area (Å²) in [6, 6.07) is 7.40. The van der Waals surface area contributed by atoms with Gasteiger partial charge in [-0.25, -0.2) is 0 Å². The zero-order valence-electron chi connectivity index (χ0n) is 13.8. The summed E-state index contributed by atoms with van der Waals surface area (Å²) in [5.74, 6) is 0.311. The van der Waals surface area contributed by atoms with Crippen molar-refractivity contribution in [2.75, 3.05) is 32.2 Å². The predicted octanol–water partition coefficient (Wildman–Crippen LogP) is 2.99. The van der Waals surface area contributed by atoms with E-state index in [1.165, 1.54) is 0 Å². The van der Waals surface area contributed by atoms with Gasteiger partial charge in [-0.05, 0) is 44.5 Å². The second-order valence-corrected chi connectivity index (χ2v) is 6.13. The lowest BCUT2D eigenvalue weighted by Crippen LogP contribution is -2.52. The number of benzene rings is 1. The first-order chi connectivity index (χ1) is 10.4. The largest absolute Gasteiger partial charge is 0.494 e. The summed E-state index contributed by atoms with van der Waals surface area (Å²) in [5, 5.41) is 0. The van der Waals surface area contributed by atoms with Crippen molar-refractivity contribution in [1.82, 2.24) is 0 Å². The van der Waals surface area contributed by atoms with Crippen LogP contribution >= 0.6 is 0 Å². The van der Waals surface area contributed by atoms with Crippen LogP contribution in [-0.2, 0) is 14.2 Å². The molecule has 0 unspecified atom stereocenters. The van der Waals surface area contributed by atoms with E-state index in [9.17, 15) is 0 Å². The van der Waals surface area contributed by atoms with E-state index in [1.54, 1.807) is 0 Å². The molecular formula is C17H27NO4. The summed E-state index contributed by atoms with van der Waals surface area (Å²) in [7, 11) is 0. The lowest BCUT2D eigenvalue weighted by atomic mass is 10.0. The van der Waals surface area contributed by atoms with Crippen LogP contribution in [0.5, 0.6) is 5.75 Å². The molecule has 5 heteroatoms. The van der Waals surface area contributed by atoms with Crippen molar-refractivity contribution in [3.8, 4) is 5.75 Å². The summed E-state index contributed by atoms with van der Waals surface area (Å²) >= 11 is 0. The van der Waals surface area contributed by atoms with Gasteiger partial charge >= 0.3 is 0 Å². The fourth-order valence-electron chi connectivity index (χ4n) is 2.19. The van der Waals surface area contributed by atoms with Crippen molar-refractivity contribution in [2.24, 2.45) is 0 Å². The number of hydrogen-bond acceptors (Lipinski definition) is 5. The Morgan fingerprint density at radius 2 is 1.73 bits per heavy atom. The Morgan fingerprint density at radius 1 is 1.09 bits per heavy atom. The molecule has 22 heavy (non-hydrogen) atoms. The quantitative estimate of drug-likeness (QED) is 0.619. The molecule has 1 aliphatic rings. The van der Waals surface area contributed by atoms with Crippen LogP contribution in [0, 0.1) is 0 Å². The third-order valence-corrected chi connectivity index (χ3v) is 3.86. The average molecular weight is 309 g/mol. The summed E-state index contributed by atoms with van der Waals surface area (Å²) in [6.07, 6.45) is 1.68. The first-order valence-electron chi connectivity index (χ1n) is 7.85. The van der Waals surface area contributed by atoms with Gasteiger partial charge in [-0.3, -0.25) is 0 Å². The smallest absolute Gasteiger partial charge is 0.163 e. The van der Waals surface area contributed by atoms with Gasteiger partial charge in [0.2, 0.25) is 0 Å². The Morgan fingerprint density at radius 3 is 2.32 bits per heavy atom. The molecule has 5 nitrogen and oxygen atoms in total. The van der Waals surface area contributed by atoms with E-state index in [4.69, 9.17) is 24.7 Å². The van der Waals surface area contributed by atoms with Crippen molar-refractivity contribution in [3.63, 3.8) is 0 Å². The molecule has 0 saturated carbocycles. The molecule has 2 N–H and O–H groups in total. The third kappa shape index (κ3) is 4.87. The number of anilines is 1. The minimum Gasteiger partial charge on any atom is -0.494 e. The maximum atomic E-state index is 6.02. The molecule has 0 amide bonds. The summed E-state index contributed by atoms with van der Waals surface area (Å²) in [6.45, 7) is 8.30. The van der Waals surface area contributed by atoms with Gasteiger partial charge in [0, 0.05) is 12.1 Å². The monoisotopic (exact) mass is 309 g/mol. The van der Waals surface area contributed by atoms with Crippen molar-refractivity contribution >= 4 is 5.69 Å². The van der Waals surface area contributed by atoms with Crippen LogP contribution in [0.4, 0.5) is 5.69 Å². The van der Waals surface area contributed by atoms with Crippen LogP contribution in [0.3, 0.4) is 0 Å². The van der Waals surface area contributed by atoms with Gasteiger partial charge < -0.3 is 24.7 Å². The van der Waals surface area contributed by atoms with Crippen molar-refractivity contribution in [2.45, 2.75) is 45.0 Å². The van der Waals surface area contributed by atoms with Crippen LogP contribution in [0.2, 0.25) is 0 Å². The average Bonchev–Trinajstić information content (AvgIpc) is 2.51. The maximum Gasteiger partial charge on any atom is 0.163 e. The molecule has 1 heterocycles. The first-order valence-corrected chi connectivity index (χ1v) is 7.85. The van der Waals surface area contributed by atoms with Crippen molar-refractivity contribution < 1.29 is 18.9 Å². The molecule has 0 bridgehead atoms. The van der Waals surface area contributed by atoms with Gasteiger partial charge in [-0.15, -0.1) is 0 Å². The molecule has 0 spiro atoms. The highest BCUT2D eigenvalue weighted by Crippen LogP contribution is 2.28. The van der Waals surface area contributed by atoms with E-state index in [0.29, 0.717) is 26.4 Å². The minimum absolute atomic E-state index is 0.337. The van der Waals surface area contributed by atoms with Crippen LogP contribution in [-0.4, -0.2) is 37.8 Å². The molecule has 1 aromatic carbocycles. The summed E-state index contributed by atoms with van der Waals surface area (Å²) < 4.78 is 23.1. The normalized spacial score (nSPS) is 19.8. The molecule has 0 aromatic heterocycles. The predicted molar refractivity (Wildman–Crippen MR) is 85.9 cm³/mol. The number of rotatable bonds is 7. The van der Waals surface area contributed by atoms with E-state index < -0.39 is 5.79 Å². The van der Waals surface area contributed by atoms with Crippen molar-refractivity contribution in [1.29, 1.82) is 0 Å². The highest BCUT2D eigenvalue weighted by atomic mass is 16.7. The Bertz CT molecular complexity index is 448. The molecule has 0 atom stereocenters. The van der Waals surface area contributed by atoms with E-state index in [0.717, 1.165) is 24.3 Å². The lowest BCUT2D eigenvalue weighted by Gasteiger charge is -2.42. The van der Waals surface area contributed by atoms with Gasteiger partial charge in [0.1, 0.15) is 11.4 Å². The Kier molecular flexibility index (Phi) is 5.67. The topological polar surface area (TPSA) is 62.9 Å². The van der Waals surface area contributed by atoms with E-state index in [-0.39, 0.29) is 5.60 Å². The Labute approximate surface area is 132 Å². The zero-order chi connectivity index (χ0) is 16.1. The molecule has 0 radical (unpaired) electrons. The highest BCUT2D eigenvalue weighted by Gasteiger charge is 2.39. The van der Waals surface area contributed by atoms with E-state index in [1.807, 2.05) is 38.1 Å². The van der Waals surface area contributed by atoms with E-state index in [2.05, 4.69) is 6.92 Å².